The van der Waals surface area contributed by atoms with Crippen LogP contribution in [0.25, 0.3) is 33.4 Å². The van der Waals surface area contributed by atoms with E-state index >= 15 is 0 Å². The molecule has 66 heavy (non-hydrogen) atoms. The van der Waals surface area contributed by atoms with Crippen LogP contribution in [0.2, 0.25) is 0 Å². The second-order valence-electron chi connectivity index (χ2n) is 18.1. The molecule has 2 aliphatic carbocycles. The number of aryl methyl sites for hydroxylation is 6. The molecule has 6 aromatic rings. The molecule has 1 unspecified atom stereocenters. The number of halogens is 8. The third kappa shape index (κ3) is 12.8. The van der Waals surface area contributed by atoms with Crippen LogP contribution in [0.4, 0.5) is 26.3 Å². The maximum atomic E-state index is 12.5. The van der Waals surface area contributed by atoms with Gasteiger partial charge in [0, 0.05) is 0 Å². The maximum absolute atomic E-state index is 12.5. The Hall–Kier alpha value is -4.29. The van der Waals surface area contributed by atoms with Gasteiger partial charge in [-0.3, -0.25) is 6.08 Å². The summed E-state index contributed by atoms with van der Waals surface area (Å²) < 4.78 is 75.6. The average Bonchev–Trinajstić information content (AvgIpc) is 3.85. The van der Waals surface area contributed by atoms with Gasteiger partial charge in [0.05, 0.1) is 0 Å². The van der Waals surface area contributed by atoms with E-state index in [-0.39, 0.29) is 24.8 Å². The number of rotatable bonds is 5. The summed E-state index contributed by atoms with van der Waals surface area (Å²) in [4.78, 5) is 0. The Bertz CT molecular complexity index is 2540. The fourth-order valence-corrected chi connectivity index (χ4v) is 9.52. The minimum atomic E-state index is -4.41. The third-order valence-corrected chi connectivity index (χ3v) is 13.3. The zero-order valence-electron chi connectivity index (χ0n) is 39.0. The van der Waals surface area contributed by atoms with Crippen molar-refractivity contribution in [3.63, 3.8) is 0 Å². The standard InChI is InChI=1S/C31H29.C15H8F6.C11H17.2ClH.Zr/c1-18-11-20(3)30(21(4)12-18)24-7-9-28-26(15-24)17-27-16-25(8-10-29(27)28)31-22(5)13-19(2)14-23(31)6;16-14(17,18)12-5-1-10(2-6-12)9-11-3-7-13(8-4-11)15(19,20)21;1-5-9-6-7-10(8-9)11(2,3)4;;;/h7-15H,17H2,1-6H3;1-8H;7-9H,5H2,1-4H3;2*1H;/q-1;;-1;;;+2. The van der Waals surface area contributed by atoms with Crippen molar-refractivity contribution < 1.29 is 50.6 Å². The summed E-state index contributed by atoms with van der Waals surface area (Å²) in [6.07, 6.45) is 1.14. The molecule has 0 amide bonds. The van der Waals surface area contributed by atoms with E-state index in [0.717, 1.165) is 54.9 Å². The summed E-state index contributed by atoms with van der Waals surface area (Å²) in [5.41, 5.74) is 20.0. The van der Waals surface area contributed by atoms with Crippen molar-refractivity contribution in [3.8, 4) is 33.4 Å². The minimum absolute atomic E-state index is 0. The van der Waals surface area contributed by atoms with Crippen LogP contribution in [-0.2, 0) is 43.0 Å². The number of benzene rings is 6. The third-order valence-electron chi connectivity index (χ3n) is 11.8. The van der Waals surface area contributed by atoms with Crippen molar-refractivity contribution in [1.29, 1.82) is 0 Å². The van der Waals surface area contributed by atoms with Crippen LogP contribution in [0.5, 0.6) is 0 Å². The van der Waals surface area contributed by atoms with Crippen LogP contribution in [0, 0.1) is 65.0 Å². The van der Waals surface area contributed by atoms with Gasteiger partial charge in [-0.05, 0) is 75.8 Å². The van der Waals surface area contributed by atoms with E-state index in [0.29, 0.717) is 25.7 Å². The number of allylic oxidation sites excluding steroid dienone is 4. The Morgan fingerprint density at radius 3 is 1.47 bits per heavy atom. The Morgan fingerprint density at radius 2 is 1.06 bits per heavy atom. The molecule has 1 atom stereocenters. The molecule has 0 N–H and O–H groups in total. The number of fused-ring (bicyclic) bond motifs is 3. The molecule has 2 aliphatic rings. The Kier molecular flexibility index (Phi) is 17.9. The molecule has 9 heteroatoms. The van der Waals surface area contributed by atoms with E-state index in [2.05, 4.69) is 148 Å². The second-order valence-corrected chi connectivity index (χ2v) is 19.3. The van der Waals surface area contributed by atoms with Gasteiger partial charge in [-0.1, -0.05) is 127 Å². The fourth-order valence-electron chi connectivity index (χ4n) is 8.70. The molecule has 0 saturated heterocycles. The number of hydrogen-bond acceptors (Lipinski definition) is 0. The molecule has 8 rings (SSSR count). The molecule has 0 heterocycles. The van der Waals surface area contributed by atoms with Crippen LogP contribution < -0.4 is 0 Å². The van der Waals surface area contributed by atoms with E-state index in [1.165, 1.54) is 114 Å². The molecular formula is C57H56Cl2F6Zr. The summed E-state index contributed by atoms with van der Waals surface area (Å²) in [5.74, 6) is 0.573. The van der Waals surface area contributed by atoms with Crippen LogP contribution in [0.3, 0.4) is 0 Å². The molecule has 344 valence electrons. The average molecular weight is 1020 g/mol. The van der Waals surface area contributed by atoms with E-state index in [1.54, 1.807) is 0 Å². The van der Waals surface area contributed by atoms with Gasteiger partial charge in [0.25, 0.3) is 0 Å². The van der Waals surface area contributed by atoms with Crippen molar-refractivity contribution in [1.82, 2.24) is 0 Å². The van der Waals surface area contributed by atoms with E-state index < -0.39 is 23.5 Å². The topological polar surface area (TPSA) is 0 Å². The van der Waals surface area contributed by atoms with Crippen LogP contribution in [0.1, 0.15) is 101 Å². The van der Waals surface area contributed by atoms with Crippen molar-refractivity contribution >= 4 is 28.0 Å². The zero-order chi connectivity index (χ0) is 46.9. The summed E-state index contributed by atoms with van der Waals surface area (Å²) in [5, 5.41) is 0. The first-order valence-electron chi connectivity index (χ1n) is 21.5. The summed E-state index contributed by atoms with van der Waals surface area (Å²) in [7, 11) is 0. The predicted molar refractivity (Wildman–Crippen MR) is 263 cm³/mol. The molecule has 0 nitrogen and oxygen atoms in total. The Labute approximate surface area is 414 Å². The molecule has 0 spiro atoms. The Morgan fingerprint density at radius 1 is 0.606 bits per heavy atom. The molecule has 6 aromatic carbocycles. The normalized spacial score (nSPS) is 13.8. The van der Waals surface area contributed by atoms with Crippen LogP contribution in [-0.4, -0.2) is 3.21 Å². The number of hydrogen-bond donors (Lipinski definition) is 0. The quantitative estimate of drug-likeness (QED) is 0.119. The summed E-state index contributed by atoms with van der Waals surface area (Å²) in [6.45, 7) is 22.2. The first kappa shape index (κ1) is 54.3. The van der Waals surface area contributed by atoms with E-state index in [4.69, 9.17) is 0 Å². The molecule has 0 fully saturated rings. The van der Waals surface area contributed by atoms with Gasteiger partial charge >= 0.3 is 137 Å². The van der Waals surface area contributed by atoms with E-state index in [9.17, 15) is 26.3 Å². The van der Waals surface area contributed by atoms with Crippen molar-refractivity contribution in [2.75, 3.05) is 0 Å². The van der Waals surface area contributed by atoms with Crippen molar-refractivity contribution in [2.45, 2.75) is 94.4 Å². The molecule has 0 saturated carbocycles. The predicted octanol–water partition coefficient (Wildman–Crippen LogP) is 17.3. The van der Waals surface area contributed by atoms with Crippen molar-refractivity contribution in [3.05, 3.63) is 200 Å². The molecular weight excluding hydrogens is 961 g/mol. The first-order chi connectivity index (χ1) is 29.9. The summed E-state index contributed by atoms with van der Waals surface area (Å²) >= 11 is 0.898. The first-order valence-corrected chi connectivity index (χ1v) is 22.8. The molecule has 0 bridgehead atoms. The SMILES string of the molecule is CCC1[C-]=CC(C(C)(C)C)=C1.Cc1cc(C)c(-c2[c-]c3c(cc2)-c2ccc(-c4c(C)cc(C)cc4C)cc2C3)c(C)c1.Cl.Cl.FC(F)(F)c1ccc([C](=[Zr+2])c2ccc(C(F)(F)F)cc2)cc1. The van der Waals surface area contributed by atoms with Gasteiger partial charge in [-0.2, -0.15) is 11.6 Å². The van der Waals surface area contributed by atoms with E-state index in [1.807, 2.05) is 0 Å². The van der Waals surface area contributed by atoms with Gasteiger partial charge in [-0.15, -0.1) is 54.1 Å². The van der Waals surface area contributed by atoms with Crippen LogP contribution in [0.15, 0.2) is 121 Å². The fraction of sp³-hybridized carbons (Fsp3) is 0.281. The van der Waals surface area contributed by atoms with Gasteiger partial charge in [0.1, 0.15) is 0 Å². The molecule has 0 aliphatic heterocycles. The molecule has 0 aromatic heterocycles. The van der Waals surface area contributed by atoms with Gasteiger partial charge in [-0.25, -0.2) is 6.08 Å². The van der Waals surface area contributed by atoms with Gasteiger partial charge in [0.2, 0.25) is 0 Å². The van der Waals surface area contributed by atoms with Crippen molar-refractivity contribution in [2.24, 2.45) is 11.3 Å². The summed E-state index contributed by atoms with van der Waals surface area (Å²) in [6, 6.07) is 33.6. The Balaban J connectivity index is 0.000000238. The monoisotopic (exact) mass is 1010 g/mol. The number of alkyl halides is 6. The molecule has 0 radical (unpaired) electrons. The van der Waals surface area contributed by atoms with Gasteiger partial charge < -0.3 is 0 Å². The zero-order valence-corrected chi connectivity index (χ0v) is 43.1. The van der Waals surface area contributed by atoms with Crippen LogP contribution >= 0.6 is 24.8 Å². The second kappa shape index (κ2) is 21.8. The van der Waals surface area contributed by atoms with Gasteiger partial charge in [0.15, 0.2) is 0 Å².